The van der Waals surface area contributed by atoms with Gasteiger partial charge >= 0.3 is 6.18 Å². The second-order valence-corrected chi connectivity index (χ2v) is 8.69. The maximum atomic E-state index is 13.2. The van der Waals surface area contributed by atoms with Crippen molar-refractivity contribution in [2.45, 2.75) is 19.6 Å². The van der Waals surface area contributed by atoms with Crippen LogP contribution in [0, 0.1) is 11.3 Å². The molecule has 5 rings (SSSR count). The first kappa shape index (κ1) is 24.5. The van der Waals surface area contributed by atoms with Crippen molar-refractivity contribution in [3.05, 3.63) is 59.7 Å². The van der Waals surface area contributed by atoms with E-state index in [-0.39, 0.29) is 28.2 Å². The number of aromatic nitrogens is 5. The van der Waals surface area contributed by atoms with Gasteiger partial charge in [-0.1, -0.05) is 13.0 Å². The molecule has 5 heterocycles. The third kappa shape index (κ3) is 5.17. The summed E-state index contributed by atoms with van der Waals surface area (Å²) in [5.74, 6) is 1.17. The predicted molar refractivity (Wildman–Crippen MR) is 133 cm³/mol. The van der Waals surface area contributed by atoms with Gasteiger partial charge in [-0.25, -0.2) is 19.9 Å². The Morgan fingerprint density at radius 3 is 2.57 bits per heavy atom. The van der Waals surface area contributed by atoms with Crippen LogP contribution in [0.3, 0.4) is 0 Å². The summed E-state index contributed by atoms with van der Waals surface area (Å²) in [6.07, 6.45) is 0.865. The summed E-state index contributed by atoms with van der Waals surface area (Å²) in [6, 6.07) is 6.98. The Kier molecular flexibility index (Phi) is 6.62. The highest BCUT2D eigenvalue weighted by atomic mass is 19.4. The molecule has 9 nitrogen and oxygen atoms in total. The number of nitriles is 1. The number of hydrogen-bond acceptors (Lipinski definition) is 8. The third-order valence-corrected chi connectivity index (χ3v) is 6.43. The maximum absolute atomic E-state index is 13.2. The lowest BCUT2D eigenvalue weighted by Crippen LogP contribution is -2.46. The molecular formula is C25H24F3N9. The lowest BCUT2D eigenvalue weighted by Gasteiger charge is -2.34. The minimum absolute atomic E-state index is 0.137. The molecule has 2 N–H and O–H groups in total. The smallest absolute Gasteiger partial charge is 0.354 e. The van der Waals surface area contributed by atoms with E-state index in [1.54, 1.807) is 6.20 Å². The Morgan fingerprint density at radius 2 is 1.89 bits per heavy atom. The molecule has 0 aromatic carbocycles. The summed E-state index contributed by atoms with van der Waals surface area (Å²) in [5.41, 5.74) is 0.990. The minimum atomic E-state index is -4.54. The number of piperazine rings is 1. The molecule has 0 amide bonds. The number of likely N-dealkylation sites (N-methyl/N-ethyl adjacent to an activating group) is 1. The molecule has 4 aromatic rings. The Labute approximate surface area is 211 Å². The van der Waals surface area contributed by atoms with Crippen LogP contribution in [0.25, 0.3) is 22.3 Å². The van der Waals surface area contributed by atoms with Gasteiger partial charge in [0.2, 0.25) is 5.95 Å². The van der Waals surface area contributed by atoms with Crippen LogP contribution in [0.4, 0.5) is 24.9 Å². The molecular weight excluding hydrogens is 483 g/mol. The van der Waals surface area contributed by atoms with Crippen molar-refractivity contribution in [2.24, 2.45) is 0 Å². The van der Waals surface area contributed by atoms with Crippen LogP contribution in [0.5, 0.6) is 0 Å². The van der Waals surface area contributed by atoms with Crippen molar-refractivity contribution >= 4 is 22.8 Å². The summed E-state index contributed by atoms with van der Waals surface area (Å²) >= 11 is 0. The Morgan fingerprint density at radius 1 is 1.08 bits per heavy atom. The van der Waals surface area contributed by atoms with Gasteiger partial charge in [0.1, 0.15) is 17.5 Å². The fraction of sp³-hybridized carbons (Fsp3) is 0.320. The van der Waals surface area contributed by atoms with Crippen molar-refractivity contribution in [3.8, 4) is 17.3 Å². The number of H-pyrrole nitrogens is 1. The zero-order valence-corrected chi connectivity index (χ0v) is 20.0. The fourth-order valence-electron chi connectivity index (χ4n) is 4.29. The summed E-state index contributed by atoms with van der Waals surface area (Å²) in [6.45, 7) is 7.51. The average molecular weight is 508 g/mol. The van der Waals surface area contributed by atoms with Crippen LogP contribution in [-0.4, -0.2) is 62.5 Å². The SMILES string of the molecule is CCN1CCN(c2ccc(CNc3ncc(C#N)c(-c4c[nH]c5ncc(C(F)(F)F)cc45)n3)cn2)CC1. The van der Waals surface area contributed by atoms with E-state index in [9.17, 15) is 18.4 Å². The molecule has 0 saturated carbocycles. The van der Waals surface area contributed by atoms with Crippen LogP contribution in [0.1, 0.15) is 23.6 Å². The number of halogens is 3. The zero-order valence-electron chi connectivity index (χ0n) is 20.0. The summed E-state index contributed by atoms with van der Waals surface area (Å²) in [5, 5.41) is 12.9. The van der Waals surface area contributed by atoms with Crippen LogP contribution in [0.15, 0.2) is 43.0 Å². The Bertz CT molecular complexity index is 1430. The Hall–Kier alpha value is -4.24. The molecule has 1 aliphatic rings. The normalized spacial score (nSPS) is 14.6. The number of alkyl halides is 3. The number of nitrogens with one attached hydrogen (secondary N) is 2. The van der Waals surface area contributed by atoms with Gasteiger partial charge < -0.3 is 20.1 Å². The van der Waals surface area contributed by atoms with Gasteiger partial charge in [-0.05, 0) is 24.2 Å². The summed E-state index contributed by atoms with van der Waals surface area (Å²) < 4.78 is 39.7. The molecule has 0 bridgehead atoms. The quantitative estimate of drug-likeness (QED) is 0.402. The molecule has 190 valence electrons. The number of nitrogens with zero attached hydrogens (tertiary/aromatic N) is 7. The average Bonchev–Trinajstić information content (AvgIpc) is 3.35. The zero-order chi connectivity index (χ0) is 26.0. The lowest BCUT2D eigenvalue weighted by molar-refractivity contribution is -0.137. The number of anilines is 2. The predicted octanol–water partition coefficient (Wildman–Crippen LogP) is 4.06. The van der Waals surface area contributed by atoms with Crippen molar-refractivity contribution in [1.82, 2.24) is 29.8 Å². The highest BCUT2D eigenvalue weighted by Crippen LogP contribution is 2.34. The number of pyridine rings is 2. The van der Waals surface area contributed by atoms with Crippen molar-refractivity contribution in [3.63, 3.8) is 0 Å². The molecule has 0 spiro atoms. The molecule has 37 heavy (non-hydrogen) atoms. The number of rotatable bonds is 6. The third-order valence-electron chi connectivity index (χ3n) is 6.43. The number of aromatic amines is 1. The van der Waals surface area contributed by atoms with Crippen LogP contribution < -0.4 is 10.2 Å². The standard InChI is InChI=1S/C25H24F3N9/c1-2-36-5-7-37(8-6-36)21-4-3-16(11-30-21)12-33-24-34-13-17(10-29)22(35-24)20-15-32-23-19(20)9-18(14-31-23)25(26,27)28/h3-4,9,11,13-15H,2,5-8,12H2,1H3,(H,31,32)(H,33,34,35). The number of hydrogen-bond donors (Lipinski definition) is 2. The van der Waals surface area contributed by atoms with Gasteiger partial charge in [0.15, 0.2) is 0 Å². The van der Waals surface area contributed by atoms with E-state index in [1.165, 1.54) is 12.4 Å². The lowest BCUT2D eigenvalue weighted by atomic mass is 10.1. The monoisotopic (exact) mass is 507 g/mol. The Balaban J connectivity index is 1.34. The molecule has 1 aliphatic heterocycles. The van der Waals surface area contributed by atoms with E-state index in [2.05, 4.69) is 47.0 Å². The van der Waals surface area contributed by atoms with Crippen LogP contribution in [0.2, 0.25) is 0 Å². The van der Waals surface area contributed by atoms with Gasteiger partial charge in [-0.3, -0.25) is 0 Å². The first-order chi connectivity index (χ1) is 17.9. The molecule has 0 aliphatic carbocycles. The summed E-state index contributed by atoms with van der Waals surface area (Å²) in [4.78, 5) is 24.6. The summed E-state index contributed by atoms with van der Waals surface area (Å²) in [7, 11) is 0. The van der Waals surface area contributed by atoms with Crippen LogP contribution in [-0.2, 0) is 12.7 Å². The van der Waals surface area contributed by atoms with Gasteiger partial charge in [0.25, 0.3) is 0 Å². The molecule has 0 unspecified atom stereocenters. The number of fused-ring (bicyclic) bond motifs is 1. The molecule has 0 radical (unpaired) electrons. The topological polar surface area (TPSA) is 110 Å². The van der Waals surface area contributed by atoms with E-state index in [1.807, 2.05) is 18.2 Å². The molecule has 12 heteroatoms. The van der Waals surface area contributed by atoms with E-state index in [0.717, 1.165) is 56.4 Å². The first-order valence-electron chi connectivity index (χ1n) is 11.8. The van der Waals surface area contributed by atoms with Gasteiger partial charge in [-0.15, -0.1) is 0 Å². The highest BCUT2D eigenvalue weighted by molar-refractivity contribution is 5.94. The van der Waals surface area contributed by atoms with Crippen molar-refractivity contribution in [1.29, 1.82) is 5.26 Å². The molecule has 1 saturated heterocycles. The van der Waals surface area contributed by atoms with Gasteiger partial charge in [0.05, 0.1) is 23.0 Å². The maximum Gasteiger partial charge on any atom is 0.417 e. The highest BCUT2D eigenvalue weighted by Gasteiger charge is 2.31. The largest absolute Gasteiger partial charge is 0.417 e. The van der Waals surface area contributed by atoms with E-state index >= 15 is 0 Å². The van der Waals surface area contributed by atoms with E-state index in [4.69, 9.17) is 0 Å². The van der Waals surface area contributed by atoms with Gasteiger partial charge in [-0.2, -0.15) is 18.4 Å². The molecule has 0 atom stereocenters. The molecule has 4 aromatic heterocycles. The van der Waals surface area contributed by atoms with Crippen LogP contribution >= 0.6 is 0 Å². The second-order valence-electron chi connectivity index (χ2n) is 8.69. The fourth-order valence-corrected chi connectivity index (χ4v) is 4.29. The van der Waals surface area contributed by atoms with Crippen molar-refractivity contribution in [2.75, 3.05) is 42.9 Å². The second kappa shape index (κ2) is 10.0. The van der Waals surface area contributed by atoms with Crippen molar-refractivity contribution < 1.29 is 13.2 Å². The van der Waals surface area contributed by atoms with E-state index < -0.39 is 11.7 Å². The van der Waals surface area contributed by atoms with Gasteiger partial charge in [0, 0.05) is 62.3 Å². The molecule has 1 fully saturated rings. The minimum Gasteiger partial charge on any atom is -0.354 e. The van der Waals surface area contributed by atoms with E-state index in [0.29, 0.717) is 12.1 Å². The first-order valence-corrected chi connectivity index (χ1v) is 11.8.